The number of piperidine rings is 1. The molecule has 2 fully saturated rings. The molecule has 0 radical (unpaired) electrons. The summed E-state index contributed by atoms with van der Waals surface area (Å²) >= 11 is 1.85. The first-order valence-electron chi connectivity index (χ1n) is 8.16. The van der Waals surface area contributed by atoms with Crippen LogP contribution in [0.4, 0.5) is 5.13 Å². The minimum Gasteiger partial charge on any atom is -0.348 e. The van der Waals surface area contributed by atoms with Crippen molar-refractivity contribution < 1.29 is 0 Å². The van der Waals surface area contributed by atoms with E-state index in [2.05, 4.69) is 34.9 Å². The van der Waals surface area contributed by atoms with E-state index < -0.39 is 0 Å². The third-order valence-electron chi connectivity index (χ3n) is 4.92. The van der Waals surface area contributed by atoms with Crippen LogP contribution in [0, 0.1) is 6.92 Å². The van der Waals surface area contributed by atoms with E-state index in [0.717, 1.165) is 11.6 Å². The first-order chi connectivity index (χ1) is 10.3. The van der Waals surface area contributed by atoms with Crippen LogP contribution >= 0.6 is 11.3 Å². The van der Waals surface area contributed by atoms with Crippen molar-refractivity contribution in [1.82, 2.24) is 9.88 Å². The number of nitrogens with zero attached hydrogens (tertiary/aromatic N) is 3. The molecule has 1 aromatic carbocycles. The lowest BCUT2D eigenvalue weighted by Gasteiger charge is -2.36. The molecule has 0 unspecified atom stereocenters. The van der Waals surface area contributed by atoms with Gasteiger partial charge in [-0.1, -0.05) is 17.4 Å². The number of aryl methyl sites for hydroxylation is 1. The maximum atomic E-state index is 4.83. The van der Waals surface area contributed by atoms with Gasteiger partial charge in [0.25, 0.3) is 0 Å². The number of likely N-dealkylation sites (tertiary alicyclic amines) is 1. The van der Waals surface area contributed by atoms with Gasteiger partial charge in [0.1, 0.15) is 0 Å². The van der Waals surface area contributed by atoms with Gasteiger partial charge in [-0.05, 0) is 63.4 Å². The molecule has 2 saturated heterocycles. The molecule has 4 heteroatoms. The molecular formula is C17H23N3S. The summed E-state index contributed by atoms with van der Waals surface area (Å²) in [6.07, 6.45) is 5.40. The van der Waals surface area contributed by atoms with Crippen molar-refractivity contribution in [2.24, 2.45) is 0 Å². The van der Waals surface area contributed by atoms with E-state index in [9.17, 15) is 0 Å². The zero-order valence-corrected chi connectivity index (χ0v) is 13.5. The predicted octanol–water partition coefficient (Wildman–Crippen LogP) is 3.67. The second-order valence-electron chi connectivity index (χ2n) is 6.43. The number of anilines is 1. The van der Waals surface area contributed by atoms with Gasteiger partial charge in [-0.15, -0.1) is 0 Å². The summed E-state index contributed by atoms with van der Waals surface area (Å²) in [5, 5.41) is 1.22. The second kappa shape index (κ2) is 5.58. The molecule has 0 aliphatic carbocycles. The highest BCUT2D eigenvalue weighted by Crippen LogP contribution is 2.32. The molecular weight excluding hydrogens is 278 g/mol. The highest BCUT2D eigenvalue weighted by Gasteiger charge is 2.27. The third kappa shape index (κ3) is 2.67. The number of fused-ring (bicyclic) bond motifs is 1. The summed E-state index contributed by atoms with van der Waals surface area (Å²) in [7, 11) is 0. The van der Waals surface area contributed by atoms with E-state index in [4.69, 9.17) is 4.98 Å². The number of hydrogen-bond acceptors (Lipinski definition) is 4. The Bertz CT molecular complexity index is 622. The van der Waals surface area contributed by atoms with Crippen molar-refractivity contribution in [2.45, 2.75) is 38.6 Å². The zero-order valence-electron chi connectivity index (χ0n) is 12.7. The molecule has 21 heavy (non-hydrogen) atoms. The predicted molar refractivity (Wildman–Crippen MR) is 90.4 cm³/mol. The Morgan fingerprint density at radius 1 is 1.10 bits per heavy atom. The molecule has 3 heterocycles. The lowest BCUT2D eigenvalue weighted by molar-refractivity contribution is 0.208. The maximum absolute atomic E-state index is 4.83. The molecule has 2 aliphatic heterocycles. The Morgan fingerprint density at radius 3 is 2.62 bits per heavy atom. The zero-order chi connectivity index (χ0) is 14.2. The number of thiazole rings is 1. The fourth-order valence-corrected chi connectivity index (χ4v) is 4.80. The summed E-state index contributed by atoms with van der Waals surface area (Å²) < 4.78 is 1.33. The summed E-state index contributed by atoms with van der Waals surface area (Å²) in [6.45, 7) is 7.14. The monoisotopic (exact) mass is 301 g/mol. The molecule has 0 saturated carbocycles. The lowest BCUT2D eigenvalue weighted by atomic mass is 10.0. The molecule has 1 aromatic heterocycles. The summed E-state index contributed by atoms with van der Waals surface area (Å²) in [5.41, 5.74) is 2.48. The quantitative estimate of drug-likeness (QED) is 0.843. The fraction of sp³-hybridized carbons (Fsp3) is 0.588. The summed E-state index contributed by atoms with van der Waals surface area (Å²) in [4.78, 5) is 10.0. The lowest BCUT2D eigenvalue weighted by Crippen LogP contribution is -2.43. The van der Waals surface area contributed by atoms with Gasteiger partial charge in [0.05, 0.1) is 10.2 Å². The summed E-state index contributed by atoms with van der Waals surface area (Å²) in [6, 6.07) is 7.39. The molecule has 0 spiro atoms. The van der Waals surface area contributed by atoms with Crippen molar-refractivity contribution >= 4 is 26.7 Å². The molecule has 0 N–H and O–H groups in total. The highest BCUT2D eigenvalue weighted by molar-refractivity contribution is 7.22. The van der Waals surface area contributed by atoms with Crippen LogP contribution in [0.15, 0.2) is 18.2 Å². The average molecular weight is 301 g/mol. The van der Waals surface area contributed by atoms with Gasteiger partial charge in [-0.25, -0.2) is 4.98 Å². The minimum atomic E-state index is 0.820. The van der Waals surface area contributed by atoms with Crippen molar-refractivity contribution in [1.29, 1.82) is 0 Å². The van der Waals surface area contributed by atoms with Gasteiger partial charge >= 0.3 is 0 Å². The molecule has 0 amide bonds. The first kappa shape index (κ1) is 13.5. The van der Waals surface area contributed by atoms with Crippen LogP contribution in [0.5, 0.6) is 0 Å². The topological polar surface area (TPSA) is 19.4 Å². The molecule has 3 nitrogen and oxygen atoms in total. The van der Waals surface area contributed by atoms with Gasteiger partial charge in [-0.3, -0.25) is 0 Å². The Hall–Kier alpha value is -1.13. The van der Waals surface area contributed by atoms with Gasteiger partial charge in [0, 0.05) is 19.1 Å². The Morgan fingerprint density at radius 2 is 1.86 bits per heavy atom. The SMILES string of the molecule is Cc1ccc2nc(N3CCC(N4CCCC4)CC3)sc2c1. The van der Waals surface area contributed by atoms with Crippen LogP contribution in [0.3, 0.4) is 0 Å². The molecule has 0 bridgehead atoms. The van der Waals surface area contributed by atoms with E-state index >= 15 is 0 Å². The summed E-state index contributed by atoms with van der Waals surface area (Å²) in [5.74, 6) is 0. The Kier molecular flexibility index (Phi) is 3.59. The normalized spacial score (nSPS) is 21.5. The molecule has 0 atom stereocenters. The van der Waals surface area contributed by atoms with Crippen LogP contribution in [-0.4, -0.2) is 42.1 Å². The average Bonchev–Trinajstić information content (AvgIpc) is 3.16. The van der Waals surface area contributed by atoms with Crippen molar-refractivity contribution in [3.63, 3.8) is 0 Å². The van der Waals surface area contributed by atoms with Crippen molar-refractivity contribution in [3.8, 4) is 0 Å². The number of rotatable bonds is 2. The van der Waals surface area contributed by atoms with Crippen LogP contribution in [0.1, 0.15) is 31.2 Å². The van der Waals surface area contributed by atoms with Crippen molar-refractivity contribution in [3.05, 3.63) is 23.8 Å². The highest BCUT2D eigenvalue weighted by atomic mass is 32.1. The molecule has 4 rings (SSSR count). The van der Waals surface area contributed by atoms with Crippen LogP contribution < -0.4 is 4.90 Å². The van der Waals surface area contributed by atoms with Crippen LogP contribution in [0.25, 0.3) is 10.2 Å². The smallest absolute Gasteiger partial charge is 0.186 e. The van der Waals surface area contributed by atoms with E-state index in [1.807, 2.05) is 11.3 Å². The van der Waals surface area contributed by atoms with Crippen LogP contribution in [-0.2, 0) is 0 Å². The minimum absolute atomic E-state index is 0.820. The maximum Gasteiger partial charge on any atom is 0.186 e. The van der Waals surface area contributed by atoms with Crippen molar-refractivity contribution in [2.75, 3.05) is 31.1 Å². The third-order valence-corrected chi connectivity index (χ3v) is 6.00. The largest absolute Gasteiger partial charge is 0.348 e. The number of hydrogen-bond donors (Lipinski definition) is 0. The first-order valence-corrected chi connectivity index (χ1v) is 8.97. The van der Waals surface area contributed by atoms with E-state index in [0.29, 0.717) is 0 Å². The van der Waals surface area contributed by atoms with Gasteiger partial charge in [0.2, 0.25) is 0 Å². The second-order valence-corrected chi connectivity index (χ2v) is 7.44. The van der Waals surface area contributed by atoms with E-state index in [-0.39, 0.29) is 0 Å². The van der Waals surface area contributed by atoms with Gasteiger partial charge in [-0.2, -0.15) is 0 Å². The number of aromatic nitrogens is 1. The number of benzene rings is 1. The molecule has 2 aromatic rings. The standard InChI is InChI=1S/C17H23N3S/c1-13-4-5-15-16(12-13)21-17(18-15)20-10-6-14(7-11-20)19-8-2-3-9-19/h4-5,12,14H,2-3,6-11H2,1H3. The Labute approximate surface area is 130 Å². The van der Waals surface area contributed by atoms with E-state index in [1.54, 1.807) is 0 Å². The van der Waals surface area contributed by atoms with E-state index in [1.165, 1.54) is 67.3 Å². The van der Waals surface area contributed by atoms with Gasteiger partial charge in [0.15, 0.2) is 5.13 Å². The molecule has 2 aliphatic rings. The van der Waals surface area contributed by atoms with Gasteiger partial charge < -0.3 is 9.80 Å². The Balaban J connectivity index is 1.46. The van der Waals surface area contributed by atoms with Crippen LogP contribution in [0.2, 0.25) is 0 Å². The fourth-order valence-electron chi connectivity index (χ4n) is 3.68. The molecule has 112 valence electrons.